The second-order valence-corrected chi connectivity index (χ2v) is 2.36. The molecule has 0 bridgehead atoms. The number of halogens is 2. The highest BCUT2D eigenvalue weighted by Gasteiger charge is 2.14. The zero-order valence-corrected chi connectivity index (χ0v) is 6.88. The quantitative estimate of drug-likeness (QED) is 0.772. The van der Waals surface area contributed by atoms with E-state index in [4.69, 9.17) is 4.42 Å². The minimum atomic E-state index is -2.56. The van der Waals surface area contributed by atoms with Gasteiger partial charge in [0.05, 0.1) is 6.54 Å². The first-order valence-electron chi connectivity index (χ1n) is 3.57. The SMILES string of the molecule is Cc1ocnc1C(=O)NCC(F)F. The van der Waals surface area contributed by atoms with Gasteiger partial charge in [0.15, 0.2) is 12.1 Å². The van der Waals surface area contributed by atoms with Crippen molar-refractivity contribution < 1.29 is 18.0 Å². The van der Waals surface area contributed by atoms with Gasteiger partial charge in [0, 0.05) is 0 Å². The molecule has 1 aromatic heterocycles. The average Bonchev–Trinajstić information content (AvgIpc) is 2.47. The molecule has 1 N–H and O–H groups in total. The Morgan fingerprint density at radius 1 is 1.77 bits per heavy atom. The molecule has 13 heavy (non-hydrogen) atoms. The number of carbonyl (C=O) groups is 1. The molecule has 0 aromatic carbocycles. The van der Waals surface area contributed by atoms with E-state index in [1.54, 1.807) is 0 Å². The second kappa shape index (κ2) is 3.97. The molecule has 0 saturated heterocycles. The molecular formula is C7H8F2N2O2. The van der Waals surface area contributed by atoms with Crippen LogP contribution >= 0.6 is 0 Å². The number of nitrogens with one attached hydrogen (secondary N) is 1. The number of rotatable bonds is 3. The lowest BCUT2D eigenvalue weighted by Crippen LogP contribution is -2.29. The summed E-state index contributed by atoms with van der Waals surface area (Å²) in [7, 11) is 0. The van der Waals surface area contributed by atoms with Gasteiger partial charge in [-0.05, 0) is 6.92 Å². The first kappa shape index (κ1) is 9.63. The predicted octanol–water partition coefficient (Wildman–Crippen LogP) is 0.978. The van der Waals surface area contributed by atoms with Crippen LogP contribution in [-0.4, -0.2) is 23.9 Å². The first-order valence-corrected chi connectivity index (χ1v) is 3.57. The minimum Gasteiger partial charge on any atom is -0.448 e. The van der Waals surface area contributed by atoms with E-state index < -0.39 is 18.9 Å². The van der Waals surface area contributed by atoms with Crippen LogP contribution in [0, 0.1) is 6.92 Å². The number of nitrogens with zero attached hydrogens (tertiary/aromatic N) is 1. The summed E-state index contributed by atoms with van der Waals surface area (Å²) >= 11 is 0. The van der Waals surface area contributed by atoms with Crippen molar-refractivity contribution in [2.45, 2.75) is 13.3 Å². The van der Waals surface area contributed by atoms with E-state index in [0.29, 0.717) is 5.76 Å². The van der Waals surface area contributed by atoms with E-state index in [1.807, 2.05) is 5.32 Å². The molecule has 0 fully saturated rings. The molecular weight excluding hydrogens is 182 g/mol. The molecule has 1 rings (SSSR count). The molecule has 1 aromatic rings. The van der Waals surface area contributed by atoms with Crippen LogP contribution in [0.4, 0.5) is 8.78 Å². The Kier molecular flexibility index (Phi) is 2.94. The summed E-state index contributed by atoms with van der Waals surface area (Å²) in [5, 5.41) is 2.01. The van der Waals surface area contributed by atoms with Crippen molar-refractivity contribution in [3.05, 3.63) is 17.8 Å². The Labute approximate surface area is 72.9 Å². The van der Waals surface area contributed by atoms with Crippen LogP contribution in [0.3, 0.4) is 0 Å². The van der Waals surface area contributed by atoms with Crippen molar-refractivity contribution in [2.75, 3.05) is 6.54 Å². The first-order chi connectivity index (χ1) is 6.11. The third kappa shape index (κ3) is 2.50. The summed E-state index contributed by atoms with van der Waals surface area (Å²) in [6, 6.07) is 0. The van der Waals surface area contributed by atoms with Gasteiger partial charge < -0.3 is 9.73 Å². The van der Waals surface area contributed by atoms with Gasteiger partial charge in [-0.1, -0.05) is 0 Å². The fraction of sp³-hybridized carbons (Fsp3) is 0.429. The summed E-state index contributed by atoms with van der Waals surface area (Å²) in [6.45, 7) is 0.857. The van der Waals surface area contributed by atoms with E-state index in [-0.39, 0.29) is 5.69 Å². The molecule has 0 aliphatic heterocycles. The third-order valence-electron chi connectivity index (χ3n) is 1.38. The van der Waals surface area contributed by atoms with Crippen LogP contribution in [0.2, 0.25) is 0 Å². The number of aromatic nitrogens is 1. The van der Waals surface area contributed by atoms with Crippen LogP contribution in [0.25, 0.3) is 0 Å². The highest BCUT2D eigenvalue weighted by Crippen LogP contribution is 2.03. The Hall–Kier alpha value is -1.46. The Bertz CT molecular complexity index is 298. The van der Waals surface area contributed by atoms with Gasteiger partial charge in [-0.2, -0.15) is 0 Å². The van der Waals surface area contributed by atoms with Crippen LogP contribution in [-0.2, 0) is 0 Å². The molecule has 0 radical (unpaired) electrons. The van der Waals surface area contributed by atoms with Gasteiger partial charge in [-0.3, -0.25) is 4.79 Å². The molecule has 1 amide bonds. The molecule has 0 aliphatic carbocycles. The van der Waals surface area contributed by atoms with Gasteiger partial charge in [-0.25, -0.2) is 13.8 Å². The van der Waals surface area contributed by atoms with Crippen molar-refractivity contribution in [1.29, 1.82) is 0 Å². The average molecular weight is 190 g/mol. The summed E-state index contributed by atoms with van der Waals surface area (Å²) in [6.07, 6.45) is -1.47. The highest BCUT2D eigenvalue weighted by molar-refractivity contribution is 5.92. The van der Waals surface area contributed by atoms with Crippen molar-refractivity contribution >= 4 is 5.91 Å². The van der Waals surface area contributed by atoms with E-state index in [2.05, 4.69) is 4.98 Å². The molecule has 1 heterocycles. The topological polar surface area (TPSA) is 55.1 Å². The van der Waals surface area contributed by atoms with Crippen molar-refractivity contribution in [2.24, 2.45) is 0 Å². The van der Waals surface area contributed by atoms with Crippen LogP contribution < -0.4 is 5.32 Å². The second-order valence-electron chi connectivity index (χ2n) is 2.36. The molecule has 72 valence electrons. The zero-order chi connectivity index (χ0) is 9.84. The summed E-state index contributed by atoms with van der Waals surface area (Å²) < 4.78 is 28.1. The molecule has 0 spiro atoms. The van der Waals surface area contributed by atoms with Crippen LogP contribution in [0.5, 0.6) is 0 Å². The molecule has 0 saturated carbocycles. The summed E-state index contributed by atoms with van der Waals surface area (Å²) in [5.41, 5.74) is 0.0423. The summed E-state index contributed by atoms with van der Waals surface area (Å²) in [5.74, 6) is -0.335. The standard InChI is InChI=1S/C7H8F2N2O2/c1-4-6(11-3-13-4)7(12)10-2-5(8)9/h3,5H,2H2,1H3,(H,10,12). The molecule has 0 aliphatic rings. The Morgan fingerprint density at radius 3 is 2.92 bits per heavy atom. The summed E-state index contributed by atoms with van der Waals surface area (Å²) in [4.78, 5) is 14.6. The number of oxazole rings is 1. The number of carbonyl (C=O) groups excluding carboxylic acids is 1. The zero-order valence-electron chi connectivity index (χ0n) is 6.88. The van der Waals surface area contributed by atoms with Crippen LogP contribution in [0.1, 0.15) is 16.2 Å². The minimum absolute atomic E-state index is 0.0423. The maximum atomic E-state index is 11.7. The van der Waals surface area contributed by atoms with E-state index in [1.165, 1.54) is 6.92 Å². The van der Waals surface area contributed by atoms with Gasteiger partial charge >= 0.3 is 0 Å². The van der Waals surface area contributed by atoms with E-state index >= 15 is 0 Å². The number of aryl methyl sites for hydroxylation is 1. The van der Waals surface area contributed by atoms with E-state index in [9.17, 15) is 13.6 Å². The van der Waals surface area contributed by atoms with Gasteiger partial charge in [-0.15, -0.1) is 0 Å². The monoisotopic (exact) mass is 190 g/mol. The number of hydrogen-bond donors (Lipinski definition) is 1. The number of amides is 1. The van der Waals surface area contributed by atoms with Crippen molar-refractivity contribution in [3.8, 4) is 0 Å². The highest BCUT2D eigenvalue weighted by atomic mass is 19.3. The number of alkyl halides is 2. The molecule has 4 nitrogen and oxygen atoms in total. The lowest BCUT2D eigenvalue weighted by molar-refractivity contribution is 0.0886. The van der Waals surface area contributed by atoms with Gasteiger partial charge in [0.1, 0.15) is 5.76 Å². The van der Waals surface area contributed by atoms with Gasteiger partial charge in [0.2, 0.25) is 0 Å². The van der Waals surface area contributed by atoms with E-state index in [0.717, 1.165) is 6.39 Å². The molecule has 0 atom stereocenters. The molecule has 6 heteroatoms. The predicted molar refractivity (Wildman–Crippen MR) is 39.6 cm³/mol. The van der Waals surface area contributed by atoms with Crippen LogP contribution in [0.15, 0.2) is 10.8 Å². The lowest BCUT2D eigenvalue weighted by atomic mass is 10.3. The maximum absolute atomic E-state index is 11.7. The van der Waals surface area contributed by atoms with Crippen molar-refractivity contribution in [3.63, 3.8) is 0 Å². The van der Waals surface area contributed by atoms with Gasteiger partial charge in [0.25, 0.3) is 12.3 Å². The normalized spacial score (nSPS) is 10.5. The maximum Gasteiger partial charge on any atom is 0.273 e. The van der Waals surface area contributed by atoms with Crippen molar-refractivity contribution in [1.82, 2.24) is 10.3 Å². The largest absolute Gasteiger partial charge is 0.448 e. The third-order valence-corrected chi connectivity index (χ3v) is 1.38. The Balaban J connectivity index is 2.54. The molecule has 0 unspecified atom stereocenters. The lowest BCUT2D eigenvalue weighted by Gasteiger charge is -2.01. The fourth-order valence-corrected chi connectivity index (χ4v) is 0.777. The fourth-order valence-electron chi connectivity index (χ4n) is 0.777. The smallest absolute Gasteiger partial charge is 0.273 e. The number of hydrogen-bond acceptors (Lipinski definition) is 3. The Morgan fingerprint density at radius 2 is 2.46 bits per heavy atom.